The first-order chi connectivity index (χ1) is 11.4. The zero-order chi connectivity index (χ0) is 17.7. The second-order valence-electron chi connectivity index (χ2n) is 5.13. The molecule has 0 heterocycles. The van der Waals surface area contributed by atoms with Crippen LogP contribution >= 0.6 is 0 Å². The first-order valence-electron chi connectivity index (χ1n) is 7.15. The van der Waals surface area contributed by atoms with E-state index in [2.05, 4.69) is 5.32 Å². The van der Waals surface area contributed by atoms with Crippen molar-refractivity contribution in [1.82, 2.24) is 5.32 Å². The Bertz CT molecular complexity index is 846. The molecule has 2 rings (SSSR count). The number of benzene rings is 2. The molecule has 1 N–H and O–H groups in total. The molecule has 0 atom stereocenters. The lowest BCUT2D eigenvalue weighted by molar-refractivity contribution is 0.0947. The number of hydrogen-bond donors (Lipinski definition) is 1. The van der Waals surface area contributed by atoms with Crippen molar-refractivity contribution in [1.29, 1.82) is 0 Å². The van der Waals surface area contributed by atoms with E-state index in [0.717, 1.165) is 11.8 Å². The van der Waals surface area contributed by atoms with E-state index in [1.807, 2.05) is 0 Å². The zero-order valence-electron chi connectivity index (χ0n) is 13.7. The summed E-state index contributed by atoms with van der Waals surface area (Å²) < 4.78 is 34.0. The zero-order valence-corrected chi connectivity index (χ0v) is 14.5. The van der Waals surface area contributed by atoms with Gasteiger partial charge in [-0.15, -0.1) is 0 Å². The van der Waals surface area contributed by atoms with Crippen LogP contribution in [0.15, 0.2) is 47.4 Å². The van der Waals surface area contributed by atoms with Gasteiger partial charge in [0.05, 0.1) is 24.7 Å². The van der Waals surface area contributed by atoms with Crippen molar-refractivity contribution in [3.63, 3.8) is 0 Å². The highest BCUT2D eigenvalue weighted by molar-refractivity contribution is 7.90. The highest BCUT2D eigenvalue weighted by Crippen LogP contribution is 2.24. The minimum Gasteiger partial charge on any atom is -0.497 e. The van der Waals surface area contributed by atoms with Crippen molar-refractivity contribution in [2.75, 3.05) is 20.5 Å². The predicted molar refractivity (Wildman–Crippen MR) is 90.3 cm³/mol. The summed E-state index contributed by atoms with van der Waals surface area (Å²) in [5.74, 6) is 0.769. The molecular weight excluding hydrogens is 330 g/mol. The summed E-state index contributed by atoms with van der Waals surface area (Å²) in [6.45, 7) is 0.178. The monoisotopic (exact) mass is 349 g/mol. The van der Waals surface area contributed by atoms with E-state index in [1.165, 1.54) is 19.2 Å². The van der Waals surface area contributed by atoms with Gasteiger partial charge in [0, 0.05) is 18.4 Å². The maximum Gasteiger partial charge on any atom is 0.252 e. The molecule has 1 amide bonds. The Kier molecular flexibility index (Phi) is 5.46. The van der Waals surface area contributed by atoms with E-state index in [-0.39, 0.29) is 17.0 Å². The molecule has 2 aromatic rings. The number of sulfone groups is 1. The summed E-state index contributed by atoms with van der Waals surface area (Å²) in [4.78, 5) is 12.4. The Morgan fingerprint density at radius 1 is 1.08 bits per heavy atom. The molecule has 0 spiro atoms. The molecule has 0 aromatic heterocycles. The van der Waals surface area contributed by atoms with E-state index in [4.69, 9.17) is 9.47 Å². The van der Waals surface area contributed by atoms with Crippen LogP contribution in [-0.2, 0) is 16.4 Å². The van der Waals surface area contributed by atoms with Crippen molar-refractivity contribution in [3.05, 3.63) is 53.6 Å². The van der Waals surface area contributed by atoms with Gasteiger partial charge in [0.15, 0.2) is 9.84 Å². The predicted octanol–water partition coefficient (Wildman–Crippen LogP) is 2.04. The summed E-state index contributed by atoms with van der Waals surface area (Å²) in [6.07, 6.45) is 1.07. The summed E-state index contributed by atoms with van der Waals surface area (Å²) in [5.41, 5.74) is 0.837. The van der Waals surface area contributed by atoms with Crippen molar-refractivity contribution in [2.45, 2.75) is 11.4 Å². The highest BCUT2D eigenvalue weighted by Gasteiger charge is 2.18. The van der Waals surface area contributed by atoms with Gasteiger partial charge in [-0.2, -0.15) is 0 Å². The summed E-state index contributed by atoms with van der Waals surface area (Å²) >= 11 is 0. The third-order valence-corrected chi connectivity index (χ3v) is 4.61. The van der Waals surface area contributed by atoms with Gasteiger partial charge in [-0.05, 0) is 30.3 Å². The van der Waals surface area contributed by atoms with Crippen LogP contribution in [0.5, 0.6) is 11.5 Å². The van der Waals surface area contributed by atoms with Gasteiger partial charge in [-0.3, -0.25) is 4.79 Å². The van der Waals surface area contributed by atoms with Gasteiger partial charge >= 0.3 is 0 Å². The van der Waals surface area contributed by atoms with Crippen molar-refractivity contribution in [2.24, 2.45) is 0 Å². The van der Waals surface area contributed by atoms with Crippen molar-refractivity contribution < 1.29 is 22.7 Å². The van der Waals surface area contributed by atoms with E-state index < -0.39 is 15.7 Å². The molecule has 0 unspecified atom stereocenters. The number of ether oxygens (including phenoxy) is 2. The fourth-order valence-electron chi connectivity index (χ4n) is 2.27. The maximum absolute atomic E-state index is 12.4. The Labute approximate surface area is 141 Å². The molecule has 128 valence electrons. The topological polar surface area (TPSA) is 81.7 Å². The molecule has 0 saturated heterocycles. The second kappa shape index (κ2) is 7.35. The molecular formula is C17H19NO5S. The molecule has 0 radical (unpaired) electrons. The maximum atomic E-state index is 12.4. The summed E-state index contributed by atoms with van der Waals surface area (Å²) in [7, 11) is -0.409. The van der Waals surface area contributed by atoms with E-state index in [1.54, 1.807) is 37.4 Å². The van der Waals surface area contributed by atoms with Crippen LogP contribution in [0.4, 0.5) is 0 Å². The van der Waals surface area contributed by atoms with Gasteiger partial charge in [0.25, 0.3) is 5.91 Å². The lowest BCUT2D eigenvalue weighted by Crippen LogP contribution is -2.25. The Morgan fingerprint density at radius 2 is 1.79 bits per heavy atom. The van der Waals surface area contributed by atoms with E-state index in [0.29, 0.717) is 11.5 Å². The molecule has 24 heavy (non-hydrogen) atoms. The Morgan fingerprint density at radius 3 is 2.42 bits per heavy atom. The number of nitrogens with one attached hydrogen (secondary N) is 1. The van der Waals surface area contributed by atoms with Gasteiger partial charge in [-0.25, -0.2) is 8.42 Å². The van der Waals surface area contributed by atoms with Crippen LogP contribution in [0, 0.1) is 0 Å². The number of rotatable bonds is 6. The van der Waals surface area contributed by atoms with Gasteiger partial charge in [0.2, 0.25) is 0 Å². The fourth-order valence-corrected chi connectivity index (χ4v) is 3.15. The highest BCUT2D eigenvalue weighted by atomic mass is 32.2. The molecule has 0 aliphatic rings. The third-order valence-electron chi connectivity index (χ3n) is 3.46. The van der Waals surface area contributed by atoms with Crippen LogP contribution < -0.4 is 14.8 Å². The molecule has 2 aromatic carbocycles. The quantitative estimate of drug-likeness (QED) is 0.863. The molecule has 0 aliphatic carbocycles. The lowest BCUT2D eigenvalue weighted by atomic mass is 10.1. The van der Waals surface area contributed by atoms with Gasteiger partial charge in [-0.1, -0.05) is 12.1 Å². The van der Waals surface area contributed by atoms with Crippen LogP contribution in [0.2, 0.25) is 0 Å². The van der Waals surface area contributed by atoms with Crippen LogP contribution in [-0.4, -0.2) is 34.8 Å². The van der Waals surface area contributed by atoms with Crippen LogP contribution in [0.3, 0.4) is 0 Å². The molecule has 6 nitrogen and oxygen atoms in total. The second-order valence-corrected chi connectivity index (χ2v) is 7.11. The standard InChI is InChI=1S/C17H19NO5S/c1-22-13-8-9-15(23-2)12(10-13)11-18-17(19)14-6-4-5-7-16(14)24(3,20)21/h4-10H,11H2,1-3H3,(H,18,19). The first-order valence-corrected chi connectivity index (χ1v) is 9.04. The SMILES string of the molecule is COc1ccc(OC)c(CNC(=O)c2ccccc2S(C)(=O)=O)c1. The number of hydrogen-bond acceptors (Lipinski definition) is 5. The normalized spacial score (nSPS) is 11.0. The number of carbonyl (C=O) groups excluding carboxylic acids is 1. The number of amides is 1. The smallest absolute Gasteiger partial charge is 0.252 e. The van der Waals surface area contributed by atoms with Crippen LogP contribution in [0.25, 0.3) is 0 Å². The molecule has 0 fully saturated rings. The number of methoxy groups -OCH3 is 2. The Balaban J connectivity index is 2.24. The minimum absolute atomic E-state index is 0.0000993. The molecule has 0 saturated carbocycles. The largest absolute Gasteiger partial charge is 0.497 e. The molecule has 7 heteroatoms. The summed E-state index contributed by atoms with van der Waals surface area (Å²) in [6, 6.07) is 11.3. The first kappa shape index (κ1) is 17.8. The summed E-state index contributed by atoms with van der Waals surface area (Å²) in [5, 5.41) is 2.71. The van der Waals surface area contributed by atoms with E-state index in [9.17, 15) is 13.2 Å². The van der Waals surface area contributed by atoms with Crippen LogP contribution in [0.1, 0.15) is 15.9 Å². The lowest BCUT2D eigenvalue weighted by Gasteiger charge is -2.12. The molecule has 0 bridgehead atoms. The molecule has 0 aliphatic heterocycles. The van der Waals surface area contributed by atoms with Crippen molar-refractivity contribution >= 4 is 15.7 Å². The Hall–Kier alpha value is -2.54. The van der Waals surface area contributed by atoms with E-state index >= 15 is 0 Å². The fraction of sp³-hybridized carbons (Fsp3) is 0.235. The minimum atomic E-state index is -3.49. The third kappa shape index (κ3) is 4.05. The van der Waals surface area contributed by atoms with Crippen molar-refractivity contribution in [3.8, 4) is 11.5 Å². The van der Waals surface area contributed by atoms with Gasteiger partial charge in [0.1, 0.15) is 11.5 Å². The average Bonchev–Trinajstić information content (AvgIpc) is 2.58. The van der Waals surface area contributed by atoms with Gasteiger partial charge < -0.3 is 14.8 Å². The number of carbonyl (C=O) groups is 1. The average molecular weight is 349 g/mol.